The number of carbonyl (C=O) groups excluding carboxylic acids is 3. The normalized spacial score (nSPS) is 11.5. The van der Waals surface area contributed by atoms with Gasteiger partial charge in [0, 0.05) is 10.6 Å². The predicted molar refractivity (Wildman–Crippen MR) is 86.2 cm³/mol. The third kappa shape index (κ3) is 6.36. The van der Waals surface area contributed by atoms with Crippen LogP contribution in [0, 0.1) is 0 Å². The molecule has 1 rings (SSSR count). The molecule has 1 aromatic rings. The molecule has 0 radical (unpaired) electrons. The number of Topliss-reactive ketones (excluding diaryl/α,β-unsaturated/α-hetero) is 1. The van der Waals surface area contributed by atoms with Crippen molar-refractivity contribution in [2.75, 3.05) is 18.6 Å². The van der Waals surface area contributed by atoms with Gasteiger partial charge in [0.05, 0.1) is 0 Å². The van der Waals surface area contributed by atoms with E-state index in [1.165, 1.54) is 11.8 Å². The Hall–Kier alpha value is -1.73. The minimum Gasteiger partial charge on any atom is -0.456 e. The second-order valence-electron chi connectivity index (χ2n) is 4.38. The van der Waals surface area contributed by atoms with E-state index in [-0.39, 0.29) is 5.78 Å². The first-order valence-electron chi connectivity index (χ1n) is 6.44. The Balaban J connectivity index is 2.55. The maximum absolute atomic E-state index is 11.9. The van der Waals surface area contributed by atoms with Crippen LogP contribution in [0.15, 0.2) is 24.3 Å². The van der Waals surface area contributed by atoms with Crippen molar-refractivity contribution >= 4 is 41.1 Å². The lowest BCUT2D eigenvalue weighted by molar-refractivity contribution is -0.144. The van der Waals surface area contributed by atoms with Gasteiger partial charge in [-0.1, -0.05) is 11.6 Å². The minimum absolute atomic E-state index is 0.354. The first-order valence-corrected chi connectivity index (χ1v) is 8.21. The summed E-state index contributed by atoms with van der Waals surface area (Å²) in [6.07, 6.45) is 2.24. The van der Waals surface area contributed by atoms with E-state index in [4.69, 9.17) is 22.1 Å². The van der Waals surface area contributed by atoms with Gasteiger partial charge in [0.2, 0.25) is 0 Å². The number of halogens is 1. The Morgan fingerprint density at radius 3 is 2.50 bits per heavy atom. The number of benzene rings is 1. The number of nitrogens with one attached hydrogen (secondary N) is 1. The molecule has 0 saturated heterocycles. The second kappa shape index (κ2) is 9.32. The standard InChI is InChI=1S/C14H17ClN2O4S/c1-22-7-6-11(17-14(16)20)13(19)21-8-12(18)9-2-4-10(15)5-3-9/h2-5,11H,6-8H2,1H3,(H3,16,17,20)/t11-/m0/s1. The average Bonchev–Trinajstić information content (AvgIpc) is 2.49. The zero-order valence-electron chi connectivity index (χ0n) is 12.0. The van der Waals surface area contributed by atoms with Crippen LogP contribution in [-0.4, -0.2) is 42.4 Å². The molecule has 0 fully saturated rings. The molecule has 0 bridgehead atoms. The molecule has 120 valence electrons. The Bertz CT molecular complexity index is 536. The molecule has 1 aromatic carbocycles. The SMILES string of the molecule is CSCC[C@H](NC(N)=O)C(=O)OCC(=O)c1ccc(Cl)cc1. The molecule has 0 spiro atoms. The van der Waals surface area contributed by atoms with Crippen molar-refractivity contribution in [3.63, 3.8) is 0 Å². The largest absolute Gasteiger partial charge is 0.456 e. The second-order valence-corrected chi connectivity index (χ2v) is 5.80. The van der Waals surface area contributed by atoms with Gasteiger partial charge in [-0.2, -0.15) is 11.8 Å². The van der Waals surface area contributed by atoms with Gasteiger partial charge >= 0.3 is 12.0 Å². The molecule has 0 unspecified atom stereocenters. The van der Waals surface area contributed by atoms with Crippen LogP contribution in [0.1, 0.15) is 16.8 Å². The minimum atomic E-state index is -0.858. The smallest absolute Gasteiger partial charge is 0.329 e. The Kier molecular flexibility index (Phi) is 7.76. The van der Waals surface area contributed by atoms with E-state index in [0.29, 0.717) is 22.8 Å². The molecular formula is C14H17ClN2O4S. The van der Waals surface area contributed by atoms with E-state index in [1.54, 1.807) is 24.3 Å². The fourth-order valence-corrected chi connectivity index (χ4v) is 2.21. The van der Waals surface area contributed by atoms with Gasteiger partial charge < -0.3 is 15.8 Å². The molecule has 0 aliphatic carbocycles. The van der Waals surface area contributed by atoms with Gasteiger partial charge in [-0.3, -0.25) is 4.79 Å². The first kappa shape index (κ1) is 18.3. The monoisotopic (exact) mass is 344 g/mol. The number of ketones is 1. The third-order valence-electron chi connectivity index (χ3n) is 2.72. The van der Waals surface area contributed by atoms with E-state index >= 15 is 0 Å². The van der Waals surface area contributed by atoms with Crippen molar-refractivity contribution in [2.45, 2.75) is 12.5 Å². The molecule has 0 heterocycles. The molecule has 2 amide bonds. The lowest BCUT2D eigenvalue weighted by atomic mass is 10.1. The molecule has 0 aliphatic rings. The van der Waals surface area contributed by atoms with Crippen LogP contribution in [0.4, 0.5) is 4.79 Å². The molecule has 8 heteroatoms. The topological polar surface area (TPSA) is 98.5 Å². The highest BCUT2D eigenvalue weighted by Gasteiger charge is 2.22. The van der Waals surface area contributed by atoms with E-state index in [1.807, 2.05) is 6.26 Å². The summed E-state index contributed by atoms with van der Waals surface area (Å²) in [6.45, 7) is -0.406. The van der Waals surface area contributed by atoms with E-state index in [2.05, 4.69) is 5.32 Å². The summed E-state index contributed by atoms with van der Waals surface area (Å²) < 4.78 is 4.95. The van der Waals surface area contributed by atoms with E-state index in [9.17, 15) is 14.4 Å². The van der Waals surface area contributed by atoms with Gasteiger partial charge in [-0.15, -0.1) is 0 Å². The molecule has 3 N–H and O–H groups in total. The average molecular weight is 345 g/mol. The zero-order chi connectivity index (χ0) is 16.5. The van der Waals surface area contributed by atoms with Crippen molar-refractivity contribution in [1.29, 1.82) is 0 Å². The van der Waals surface area contributed by atoms with Crippen LogP contribution >= 0.6 is 23.4 Å². The number of hydrogen-bond donors (Lipinski definition) is 2. The quantitative estimate of drug-likeness (QED) is 0.554. The molecule has 6 nitrogen and oxygen atoms in total. The van der Waals surface area contributed by atoms with E-state index < -0.39 is 24.6 Å². The zero-order valence-corrected chi connectivity index (χ0v) is 13.6. The molecule has 1 atom stereocenters. The lowest BCUT2D eigenvalue weighted by Crippen LogP contribution is -2.45. The van der Waals surface area contributed by atoms with Gasteiger partial charge in [0.25, 0.3) is 0 Å². The fourth-order valence-electron chi connectivity index (χ4n) is 1.61. The van der Waals surface area contributed by atoms with Crippen LogP contribution in [0.3, 0.4) is 0 Å². The molecule has 22 heavy (non-hydrogen) atoms. The van der Waals surface area contributed by atoms with Crippen LogP contribution in [0.25, 0.3) is 0 Å². The Morgan fingerprint density at radius 2 is 1.95 bits per heavy atom. The van der Waals surface area contributed by atoms with Crippen LogP contribution < -0.4 is 11.1 Å². The van der Waals surface area contributed by atoms with Gasteiger partial charge in [0.1, 0.15) is 6.04 Å². The summed E-state index contributed by atoms with van der Waals surface area (Å²) in [7, 11) is 0. The molecular weight excluding hydrogens is 328 g/mol. The van der Waals surface area contributed by atoms with Gasteiger partial charge in [-0.25, -0.2) is 9.59 Å². The van der Waals surface area contributed by atoms with Crippen LogP contribution in [-0.2, 0) is 9.53 Å². The first-order chi connectivity index (χ1) is 10.4. The highest BCUT2D eigenvalue weighted by molar-refractivity contribution is 7.98. The number of thioether (sulfide) groups is 1. The Morgan fingerprint density at radius 1 is 1.32 bits per heavy atom. The molecule has 0 aliphatic heterocycles. The maximum Gasteiger partial charge on any atom is 0.329 e. The summed E-state index contributed by atoms with van der Waals surface area (Å²) in [4.78, 5) is 34.7. The summed E-state index contributed by atoms with van der Waals surface area (Å²) in [5, 5.41) is 2.82. The summed E-state index contributed by atoms with van der Waals surface area (Å²) in [6, 6.07) is 4.57. The number of ether oxygens (including phenoxy) is 1. The number of primary amides is 1. The highest BCUT2D eigenvalue weighted by Crippen LogP contribution is 2.10. The third-order valence-corrected chi connectivity index (χ3v) is 3.62. The number of amides is 2. The summed E-state index contributed by atoms with van der Waals surface area (Å²) in [5.41, 5.74) is 5.41. The number of rotatable bonds is 8. The number of urea groups is 1. The number of carbonyl (C=O) groups is 3. The van der Waals surface area contributed by atoms with Crippen LogP contribution in [0.5, 0.6) is 0 Å². The number of hydrogen-bond acceptors (Lipinski definition) is 5. The lowest BCUT2D eigenvalue weighted by Gasteiger charge is -2.15. The fraction of sp³-hybridized carbons (Fsp3) is 0.357. The van der Waals surface area contributed by atoms with Crippen LogP contribution in [0.2, 0.25) is 5.02 Å². The van der Waals surface area contributed by atoms with Gasteiger partial charge in [0.15, 0.2) is 12.4 Å². The molecule has 0 saturated carbocycles. The summed E-state index contributed by atoms with van der Waals surface area (Å²) >= 11 is 7.25. The van der Waals surface area contributed by atoms with Crippen molar-refractivity contribution in [3.05, 3.63) is 34.9 Å². The maximum atomic E-state index is 11.9. The van der Waals surface area contributed by atoms with Crippen molar-refractivity contribution in [3.8, 4) is 0 Å². The van der Waals surface area contributed by atoms with Crippen molar-refractivity contribution in [1.82, 2.24) is 5.32 Å². The highest BCUT2D eigenvalue weighted by atomic mass is 35.5. The number of nitrogens with two attached hydrogens (primary N) is 1. The molecule has 0 aromatic heterocycles. The van der Waals surface area contributed by atoms with Crippen molar-refractivity contribution in [2.24, 2.45) is 5.73 Å². The van der Waals surface area contributed by atoms with Gasteiger partial charge in [-0.05, 0) is 42.7 Å². The van der Waals surface area contributed by atoms with Crippen molar-refractivity contribution < 1.29 is 19.1 Å². The predicted octanol–water partition coefficient (Wildman–Crippen LogP) is 1.86. The summed E-state index contributed by atoms with van der Waals surface area (Å²) in [5.74, 6) is -0.395. The van der Waals surface area contributed by atoms with E-state index in [0.717, 1.165) is 0 Å². The number of esters is 1. The Labute approximate surface area is 137 Å².